The van der Waals surface area contributed by atoms with Crippen LogP contribution in [-0.2, 0) is 4.74 Å². The van der Waals surface area contributed by atoms with Crippen LogP contribution in [0.25, 0.3) is 22.9 Å². The van der Waals surface area contributed by atoms with E-state index in [0.717, 1.165) is 12.0 Å². The fourth-order valence-corrected chi connectivity index (χ4v) is 1.75. The molecule has 0 spiro atoms. The molecule has 0 aliphatic rings. The van der Waals surface area contributed by atoms with E-state index < -0.39 is 0 Å². The molecular formula is C19H27NO. The van der Waals surface area contributed by atoms with Gasteiger partial charge in [-0.1, -0.05) is 56.8 Å². The van der Waals surface area contributed by atoms with Gasteiger partial charge in [0.1, 0.15) is 0 Å². The lowest BCUT2D eigenvalue weighted by Crippen LogP contribution is -2.28. The zero-order valence-corrected chi connectivity index (χ0v) is 13.9. The van der Waals surface area contributed by atoms with Crippen LogP contribution >= 0.6 is 0 Å². The standard InChI is InChI=1S/C14H13N.C3H8O.C2H6/c1-3-7-14-12(4-2)13-9-6-5-8-11(13)10-15-14;1-3-4-2;1-2/h3-10H,1H2,2H3;3H2,1-2H3;1-2H3/b12-4-,14-7+;;. The molecular weight excluding hydrogens is 258 g/mol. The highest BCUT2D eigenvalue weighted by Gasteiger charge is 1.94. The van der Waals surface area contributed by atoms with Gasteiger partial charge in [0.2, 0.25) is 0 Å². The minimum atomic E-state index is 0.819. The lowest BCUT2D eigenvalue weighted by atomic mass is 10.1. The molecule has 0 saturated heterocycles. The average molecular weight is 285 g/mol. The quantitative estimate of drug-likeness (QED) is 0.839. The SMILES string of the molecule is C=C/C=c1/ncc2ccccc2/c1=C/C.CC.CCOC. The van der Waals surface area contributed by atoms with Crippen molar-refractivity contribution in [1.82, 2.24) is 4.98 Å². The number of rotatable bonds is 2. The Labute approximate surface area is 128 Å². The maximum Gasteiger partial charge on any atom is 0.0704 e. The molecule has 0 radical (unpaired) electrons. The number of hydrogen-bond donors (Lipinski definition) is 0. The second-order valence-electron chi connectivity index (χ2n) is 3.91. The highest BCUT2D eigenvalue weighted by atomic mass is 16.5. The summed E-state index contributed by atoms with van der Waals surface area (Å²) in [5.41, 5.74) is 0. The minimum Gasteiger partial charge on any atom is -0.385 e. The van der Waals surface area contributed by atoms with E-state index in [1.165, 1.54) is 16.0 Å². The molecule has 0 aliphatic heterocycles. The van der Waals surface area contributed by atoms with Crippen LogP contribution in [0.4, 0.5) is 0 Å². The van der Waals surface area contributed by atoms with Gasteiger partial charge in [0.25, 0.3) is 0 Å². The predicted octanol–water partition coefficient (Wildman–Crippen LogP) is 3.68. The van der Waals surface area contributed by atoms with Gasteiger partial charge in [-0.25, -0.2) is 0 Å². The fourth-order valence-electron chi connectivity index (χ4n) is 1.75. The van der Waals surface area contributed by atoms with Crippen molar-refractivity contribution < 1.29 is 4.74 Å². The third-order valence-corrected chi connectivity index (χ3v) is 2.72. The lowest BCUT2D eigenvalue weighted by Gasteiger charge is -1.98. The molecule has 2 heteroatoms. The number of hydrogen-bond acceptors (Lipinski definition) is 2. The number of aromatic nitrogens is 1. The van der Waals surface area contributed by atoms with Gasteiger partial charge in [0.15, 0.2) is 0 Å². The van der Waals surface area contributed by atoms with E-state index in [4.69, 9.17) is 0 Å². The number of nitrogens with zero attached hydrogens (tertiary/aromatic N) is 1. The Morgan fingerprint density at radius 2 is 1.86 bits per heavy atom. The molecule has 2 aromatic rings. The van der Waals surface area contributed by atoms with E-state index in [9.17, 15) is 0 Å². The maximum atomic E-state index is 4.54. The second kappa shape index (κ2) is 11.9. The van der Waals surface area contributed by atoms with Gasteiger partial charge >= 0.3 is 0 Å². The molecule has 0 atom stereocenters. The molecule has 0 unspecified atom stereocenters. The molecule has 0 saturated carbocycles. The van der Waals surface area contributed by atoms with E-state index in [0.29, 0.717) is 0 Å². The number of allylic oxidation sites excluding steroid dienone is 1. The highest BCUT2D eigenvalue weighted by Crippen LogP contribution is 2.04. The largest absolute Gasteiger partial charge is 0.385 e. The molecule has 1 aromatic heterocycles. The smallest absolute Gasteiger partial charge is 0.0704 e. The molecule has 0 bridgehead atoms. The second-order valence-corrected chi connectivity index (χ2v) is 3.91. The van der Waals surface area contributed by atoms with Crippen LogP contribution in [0, 0.1) is 0 Å². The maximum absolute atomic E-state index is 4.54. The van der Waals surface area contributed by atoms with Gasteiger partial charge in [0, 0.05) is 30.5 Å². The first-order chi connectivity index (χ1) is 10.3. The van der Waals surface area contributed by atoms with Crippen molar-refractivity contribution in [2.75, 3.05) is 13.7 Å². The number of methoxy groups -OCH3 is 1. The minimum absolute atomic E-state index is 0.819. The predicted molar refractivity (Wildman–Crippen MR) is 94.7 cm³/mol. The van der Waals surface area contributed by atoms with Gasteiger partial charge < -0.3 is 4.74 Å². The summed E-state index contributed by atoms with van der Waals surface area (Å²) in [5, 5.41) is 4.56. The van der Waals surface area contributed by atoms with Crippen LogP contribution < -0.4 is 10.6 Å². The van der Waals surface area contributed by atoms with Crippen molar-refractivity contribution in [2.45, 2.75) is 27.7 Å². The Morgan fingerprint density at radius 1 is 1.24 bits per heavy atom. The third-order valence-electron chi connectivity index (χ3n) is 2.72. The zero-order valence-electron chi connectivity index (χ0n) is 13.9. The summed E-state index contributed by atoms with van der Waals surface area (Å²) in [6.07, 6.45) is 7.69. The molecule has 21 heavy (non-hydrogen) atoms. The van der Waals surface area contributed by atoms with Crippen molar-refractivity contribution >= 4 is 22.9 Å². The average Bonchev–Trinajstić information content (AvgIpc) is 2.57. The lowest BCUT2D eigenvalue weighted by molar-refractivity contribution is 0.215. The summed E-state index contributed by atoms with van der Waals surface area (Å²) in [5.74, 6) is 0. The van der Waals surface area contributed by atoms with E-state index in [2.05, 4.69) is 34.5 Å². The highest BCUT2D eigenvalue weighted by molar-refractivity contribution is 5.82. The first kappa shape index (κ1) is 19.1. The monoisotopic (exact) mass is 285 g/mol. The van der Waals surface area contributed by atoms with Crippen LogP contribution in [0.2, 0.25) is 0 Å². The molecule has 114 valence electrons. The van der Waals surface area contributed by atoms with Crippen LogP contribution in [0.15, 0.2) is 43.1 Å². The van der Waals surface area contributed by atoms with Crippen molar-refractivity contribution in [3.05, 3.63) is 53.7 Å². The molecule has 1 aromatic carbocycles. The number of benzene rings is 1. The van der Waals surface area contributed by atoms with Crippen molar-refractivity contribution in [3.63, 3.8) is 0 Å². The van der Waals surface area contributed by atoms with Gasteiger partial charge in [-0.2, -0.15) is 0 Å². The van der Waals surface area contributed by atoms with E-state index in [1.54, 1.807) is 13.2 Å². The first-order valence-corrected chi connectivity index (χ1v) is 7.40. The summed E-state index contributed by atoms with van der Waals surface area (Å²) >= 11 is 0. The number of pyridine rings is 1. The Balaban J connectivity index is 0.000000579. The van der Waals surface area contributed by atoms with Crippen molar-refractivity contribution in [3.8, 4) is 0 Å². The topological polar surface area (TPSA) is 22.1 Å². The van der Waals surface area contributed by atoms with Gasteiger partial charge in [-0.05, 0) is 25.3 Å². The molecule has 2 rings (SSSR count). The normalized spacial score (nSPS) is 11.3. The molecule has 0 fully saturated rings. The fraction of sp³-hybridized carbons (Fsp3) is 0.316. The Kier molecular flexibility index (Phi) is 10.8. The van der Waals surface area contributed by atoms with Crippen LogP contribution in [-0.4, -0.2) is 18.7 Å². The molecule has 2 nitrogen and oxygen atoms in total. The zero-order chi connectivity index (χ0) is 16.1. The van der Waals surface area contributed by atoms with Crippen molar-refractivity contribution in [1.29, 1.82) is 0 Å². The van der Waals surface area contributed by atoms with Crippen LogP contribution in [0.5, 0.6) is 0 Å². The number of ether oxygens (including phenoxy) is 1. The first-order valence-electron chi connectivity index (χ1n) is 7.40. The van der Waals surface area contributed by atoms with Crippen LogP contribution in [0.3, 0.4) is 0 Å². The Morgan fingerprint density at radius 3 is 2.38 bits per heavy atom. The van der Waals surface area contributed by atoms with Gasteiger partial charge in [-0.3, -0.25) is 4.98 Å². The summed E-state index contributed by atoms with van der Waals surface area (Å²) in [6.45, 7) is 12.5. The molecule has 1 heterocycles. The van der Waals surface area contributed by atoms with Crippen molar-refractivity contribution in [2.24, 2.45) is 0 Å². The molecule has 0 aliphatic carbocycles. The Bertz CT molecular complexity index is 642. The van der Waals surface area contributed by atoms with Gasteiger partial charge in [-0.15, -0.1) is 0 Å². The third kappa shape index (κ3) is 5.92. The summed E-state index contributed by atoms with van der Waals surface area (Å²) in [6, 6.07) is 8.27. The van der Waals surface area contributed by atoms with Gasteiger partial charge in [0.05, 0.1) is 5.35 Å². The molecule has 0 amide bonds. The summed E-state index contributed by atoms with van der Waals surface area (Å²) in [7, 11) is 1.68. The van der Waals surface area contributed by atoms with E-state index >= 15 is 0 Å². The summed E-state index contributed by atoms with van der Waals surface area (Å²) < 4.78 is 4.54. The summed E-state index contributed by atoms with van der Waals surface area (Å²) in [4.78, 5) is 4.41. The molecule has 0 N–H and O–H groups in total. The van der Waals surface area contributed by atoms with E-state index in [1.807, 2.05) is 52.1 Å². The number of fused-ring (bicyclic) bond motifs is 1. The van der Waals surface area contributed by atoms with Crippen LogP contribution in [0.1, 0.15) is 27.7 Å². The Hall–Kier alpha value is -1.93. The van der Waals surface area contributed by atoms with E-state index in [-0.39, 0.29) is 0 Å².